The van der Waals surface area contributed by atoms with Crippen LogP contribution in [0.2, 0.25) is 16.8 Å². The summed E-state index contributed by atoms with van der Waals surface area (Å²) in [6, 6.07) is 3.36. The molecule has 0 amide bonds. The van der Waals surface area contributed by atoms with E-state index in [1.165, 1.54) is 3.12 Å². The molecule has 0 aromatic heterocycles. The molecular formula is C32H38ClF6N3O4Sn. The molecule has 3 aliphatic carbocycles. The number of alkyl halides is 6. The van der Waals surface area contributed by atoms with Gasteiger partial charge in [0.25, 0.3) is 0 Å². The Morgan fingerprint density at radius 2 is 1.15 bits per heavy atom. The van der Waals surface area contributed by atoms with E-state index in [1.807, 2.05) is 0 Å². The molecule has 0 unspecified atom stereocenters. The summed E-state index contributed by atoms with van der Waals surface area (Å²) in [5, 5.41) is 24.4. The van der Waals surface area contributed by atoms with Gasteiger partial charge in [-0.05, 0) is 0 Å². The van der Waals surface area contributed by atoms with Crippen LogP contribution in [0, 0.1) is 20.2 Å². The molecule has 3 saturated carbocycles. The Kier molecular flexibility index (Phi) is 10.9. The van der Waals surface area contributed by atoms with Gasteiger partial charge in [0.1, 0.15) is 0 Å². The van der Waals surface area contributed by atoms with Gasteiger partial charge in [-0.25, -0.2) is 0 Å². The van der Waals surface area contributed by atoms with Crippen LogP contribution in [0.4, 0.5) is 49.1 Å². The number of rotatable bonds is 8. The van der Waals surface area contributed by atoms with Crippen LogP contribution in [0.25, 0.3) is 0 Å². The Hall–Kier alpha value is -2.29. The van der Waals surface area contributed by atoms with Crippen LogP contribution in [0.1, 0.15) is 107 Å². The van der Waals surface area contributed by atoms with E-state index in [2.05, 4.69) is 0 Å². The molecule has 0 bridgehead atoms. The van der Waals surface area contributed by atoms with E-state index in [-0.39, 0.29) is 22.5 Å². The summed E-state index contributed by atoms with van der Waals surface area (Å²) < 4.78 is 89.8. The van der Waals surface area contributed by atoms with Crippen molar-refractivity contribution in [3.8, 4) is 0 Å². The molecule has 0 N–H and O–H groups in total. The van der Waals surface area contributed by atoms with Crippen molar-refractivity contribution in [3.05, 3.63) is 66.7 Å². The van der Waals surface area contributed by atoms with Crippen molar-refractivity contribution >= 4 is 53.0 Å². The van der Waals surface area contributed by atoms with E-state index < -0.39 is 69.0 Å². The summed E-state index contributed by atoms with van der Waals surface area (Å²) in [5.41, 5.74) is -6.15. The first-order valence-electron chi connectivity index (χ1n) is 16.4. The molecule has 0 heterocycles. The van der Waals surface area contributed by atoms with Crippen molar-refractivity contribution in [3.63, 3.8) is 0 Å². The number of hydrogen-bond donors (Lipinski definition) is 0. The average molecular weight is 797 g/mol. The fraction of sp³-hybridized carbons (Fsp3) is 0.625. The Morgan fingerprint density at radius 3 is 1.53 bits per heavy atom. The molecule has 15 heteroatoms. The fourth-order valence-electron chi connectivity index (χ4n) is 8.93. The second kappa shape index (κ2) is 14.3. The molecular weight excluding hydrogens is 759 g/mol. The quantitative estimate of drug-likeness (QED) is 0.115. The Balaban J connectivity index is 2.01. The summed E-state index contributed by atoms with van der Waals surface area (Å²) in [6.07, 6.45) is 1.49. The van der Waals surface area contributed by atoms with E-state index in [0.29, 0.717) is 50.7 Å². The molecule has 3 fully saturated rings. The molecule has 7 nitrogen and oxygen atoms in total. The van der Waals surface area contributed by atoms with Crippen molar-refractivity contribution in [2.75, 3.05) is 3.12 Å². The second-order valence-corrected chi connectivity index (χ2v) is 27.0. The third-order valence-corrected chi connectivity index (χ3v) is 30.7. The number of non-ortho nitro benzene ring substituents is 1. The Morgan fingerprint density at radius 1 is 0.681 bits per heavy atom. The summed E-state index contributed by atoms with van der Waals surface area (Å²) in [7, 11) is 0. The van der Waals surface area contributed by atoms with Gasteiger partial charge in [-0.1, -0.05) is 0 Å². The molecule has 0 radical (unpaired) electrons. The zero-order valence-corrected chi connectivity index (χ0v) is 29.5. The van der Waals surface area contributed by atoms with E-state index in [1.54, 1.807) is 0 Å². The molecule has 2 aromatic carbocycles. The third-order valence-electron chi connectivity index (χ3n) is 10.7. The SMILES string of the molecule is O=[N+]([O-])c1cc([N+](=O)[O-])c([N](c2cc(C(F)(F)F)ccc2Cl)[Sn]([CH]2CCCCC2)([CH]2CCCCC2)[CH]2CCCCC2)c(C(F)(F)F)c1. The molecule has 5 rings (SSSR count). The Labute approximate surface area is 278 Å². The molecule has 3 aliphatic rings. The summed E-state index contributed by atoms with van der Waals surface area (Å²) in [5.74, 6) is 0. The number of halogens is 7. The van der Waals surface area contributed by atoms with Gasteiger partial charge < -0.3 is 0 Å². The van der Waals surface area contributed by atoms with Crippen LogP contribution in [0.3, 0.4) is 0 Å². The van der Waals surface area contributed by atoms with E-state index in [4.69, 9.17) is 11.6 Å². The van der Waals surface area contributed by atoms with Crippen molar-refractivity contribution in [1.82, 2.24) is 0 Å². The third kappa shape index (κ3) is 7.21. The van der Waals surface area contributed by atoms with E-state index >= 15 is 13.2 Å². The molecule has 2 aromatic rings. The van der Waals surface area contributed by atoms with Crippen LogP contribution in [-0.4, -0.2) is 28.5 Å². The maximum atomic E-state index is 15.2. The van der Waals surface area contributed by atoms with Gasteiger partial charge in [-0.3, -0.25) is 0 Å². The number of nitro benzene ring substituents is 2. The predicted octanol–water partition coefficient (Wildman–Crippen LogP) is 12.3. The number of nitro groups is 2. The summed E-state index contributed by atoms with van der Waals surface area (Å²) in [6.45, 7) is 0. The van der Waals surface area contributed by atoms with Gasteiger partial charge in [0.15, 0.2) is 0 Å². The van der Waals surface area contributed by atoms with Gasteiger partial charge in [0, 0.05) is 0 Å². The van der Waals surface area contributed by atoms with Gasteiger partial charge in [0.2, 0.25) is 0 Å². The van der Waals surface area contributed by atoms with Crippen LogP contribution >= 0.6 is 11.6 Å². The van der Waals surface area contributed by atoms with E-state index in [9.17, 15) is 33.4 Å². The van der Waals surface area contributed by atoms with Crippen molar-refractivity contribution in [1.29, 1.82) is 0 Å². The number of nitrogens with zero attached hydrogens (tertiary/aromatic N) is 3. The molecule has 0 atom stereocenters. The second-order valence-electron chi connectivity index (χ2n) is 13.3. The van der Waals surface area contributed by atoms with Crippen molar-refractivity contribution in [2.45, 2.75) is 120 Å². The van der Waals surface area contributed by atoms with Crippen LogP contribution in [0.5, 0.6) is 0 Å². The zero-order chi connectivity index (χ0) is 34.1. The monoisotopic (exact) mass is 797 g/mol. The van der Waals surface area contributed by atoms with Gasteiger partial charge in [-0.15, -0.1) is 0 Å². The summed E-state index contributed by atoms with van der Waals surface area (Å²) >= 11 is 1.91. The van der Waals surface area contributed by atoms with Gasteiger partial charge in [-0.2, -0.15) is 0 Å². The first-order chi connectivity index (χ1) is 22.2. The Bertz CT molecular complexity index is 1430. The summed E-state index contributed by atoms with van der Waals surface area (Å²) in [4.78, 5) is 22.4. The fourth-order valence-corrected chi connectivity index (χ4v) is 33.1. The molecule has 258 valence electrons. The predicted molar refractivity (Wildman–Crippen MR) is 170 cm³/mol. The first-order valence-corrected chi connectivity index (χ1v) is 23.0. The normalized spacial score (nSPS) is 19.5. The van der Waals surface area contributed by atoms with Crippen LogP contribution in [-0.2, 0) is 12.4 Å². The maximum absolute atomic E-state index is 15.2. The van der Waals surface area contributed by atoms with Crippen molar-refractivity contribution in [2.24, 2.45) is 0 Å². The minimum atomic E-state index is -5.30. The van der Waals surface area contributed by atoms with Crippen LogP contribution < -0.4 is 3.12 Å². The van der Waals surface area contributed by atoms with Crippen molar-refractivity contribution < 1.29 is 36.2 Å². The topological polar surface area (TPSA) is 89.5 Å². The van der Waals surface area contributed by atoms with E-state index in [0.717, 1.165) is 76.0 Å². The van der Waals surface area contributed by atoms with Gasteiger partial charge >= 0.3 is 279 Å². The minimum absolute atomic E-state index is 0.106. The molecule has 0 aliphatic heterocycles. The van der Waals surface area contributed by atoms with Gasteiger partial charge in [0.05, 0.1) is 0 Å². The average Bonchev–Trinajstić information content (AvgIpc) is 3.04. The zero-order valence-electron chi connectivity index (χ0n) is 25.8. The number of hydrogen-bond acceptors (Lipinski definition) is 5. The number of anilines is 2. The van der Waals surface area contributed by atoms with Crippen LogP contribution in [0.15, 0.2) is 30.3 Å². The standard InChI is InChI=1S/C14H5ClF6N3O4.3C6H11.Sn/c15-9-2-1-6(13(16,17)18)3-10(9)22-12-8(14(19,20)21)4-7(23(25)26)5-11(12)24(27)28;3*1-2-4-6-5-3-1;/h1-5H;3*1H,2-6H2;/q-1;;;;+1. The molecule has 0 spiro atoms. The first kappa shape index (κ1) is 36.0. The molecule has 47 heavy (non-hydrogen) atoms. The number of benzene rings is 2. The molecule has 0 saturated heterocycles.